The molecule has 128 valence electrons. The molecule has 5 nitrogen and oxygen atoms in total. The molecule has 0 saturated carbocycles. The van der Waals surface area contributed by atoms with E-state index in [2.05, 4.69) is 17.1 Å². The van der Waals surface area contributed by atoms with Crippen LogP contribution in [-0.2, 0) is 17.6 Å². The first-order chi connectivity index (χ1) is 11.7. The highest BCUT2D eigenvalue weighted by atomic mass is 32.1. The van der Waals surface area contributed by atoms with Crippen LogP contribution in [0.4, 0.5) is 0 Å². The SMILES string of the molecule is CCc1nnc(C2CCN(C(=O)Cc3ccc(OC)cc3)CC2)s1. The Morgan fingerprint density at radius 2 is 1.96 bits per heavy atom. The Labute approximate surface area is 146 Å². The van der Waals surface area contributed by atoms with E-state index in [0.29, 0.717) is 12.3 Å². The molecule has 0 bridgehead atoms. The normalized spacial score (nSPS) is 15.5. The third-order valence-electron chi connectivity index (χ3n) is 4.50. The number of hydrogen-bond donors (Lipinski definition) is 0. The molecule has 0 aliphatic carbocycles. The molecule has 0 N–H and O–H groups in total. The number of benzene rings is 1. The summed E-state index contributed by atoms with van der Waals surface area (Å²) in [6.07, 6.45) is 3.35. The van der Waals surface area contributed by atoms with Crippen molar-refractivity contribution >= 4 is 17.2 Å². The van der Waals surface area contributed by atoms with Crippen molar-refractivity contribution in [2.24, 2.45) is 0 Å². The van der Waals surface area contributed by atoms with Crippen LogP contribution in [0.25, 0.3) is 0 Å². The first-order valence-electron chi connectivity index (χ1n) is 8.42. The molecule has 6 heteroatoms. The minimum atomic E-state index is 0.199. The number of ether oxygens (including phenoxy) is 1. The molecule has 1 amide bonds. The highest BCUT2D eigenvalue weighted by molar-refractivity contribution is 7.11. The quantitative estimate of drug-likeness (QED) is 0.836. The summed E-state index contributed by atoms with van der Waals surface area (Å²) in [6, 6.07) is 7.71. The lowest BCUT2D eigenvalue weighted by atomic mass is 9.97. The van der Waals surface area contributed by atoms with Gasteiger partial charge in [-0.05, 0) is 37.0 Å². The van der Waals surface area contributed by atoms with Gasteiger partial charge in [-0.2, -0.15) is 0 Å². The number of aromatic nitrogens is 2. The molecule has 3 rings (SSSR count). The summed E-state index contributed by atoms with van der Waals surface area (Å²) in [5.41, 5.74) is 1.03. The van der Waals surface area contributed by atoms with Crippen molar-refractivity contribution in [3.63, 3.8) is 0 Å². The second-order valence-corrected chi connectivity index (χ2v) is 7.16. The molecule has 1 aromatic carbocycles. The van der Waals surface area contributed by atoms with Crippen LogP contribution in [0.5, 0.6) is 5.75 Å². The fraction of sp³-hybridized carbons (Fsp3) is 0.500. The standard InChI is InChI=1S/C18H23N3O2S/c1-3-16-19-20-18(24-16)14-8-10-21(11-9-14)17(22)12-13-4-6-15(23-2)7-5-13/h4-7,14H,3,8-12H2,1-2H3. The molecule has 0 unspecified atom stereocenters. The number of carbonyl (C=O) groups excluding carboxylic acids is 1. The fourth-order valence-electron chi connectivity index (χ4n) is 2.98. The topological polar surface area (TPSA) is 55.3 Å². The molecule has 1 fully saturated rings. The van der Waals surface area contributed by atoms with Crippen LogP contribution in [0.2, 0.25) is 0 Å². The minimum absolute atomic E-state index is 0.199. The molecular formula is C18H23N3O2S. The Bertz CT molecular complexity index is 676. The molecule has 2 heterocycles. The maximum absolute atomic E-state index is 12.5. The summed E-state index contributed by atoms with van der Waals surface area (Å²) in [5, 5.41) is 10.8. The van der Waals surface area contributed by atoms with Gasteiger partial charge >= 0.3 is 0 Å². The number of likely N-dealkylation sites (tertiary alicyclic amines) is 1. The predicted octanol–water partition coefficient (Wildman–Crippen LogP) is 3.06. The highest BCUT2D eigenvalue weighted by Gasteiger charge is 2.26. The van der Waals surface area contributed by atoms with Gasteiger partial charge in [0.05, 0.1) is 13.5 Å². The molecule has 0 spiro atoms. The Morgan fingerprint density at radius 1 is 1.25 bits per heavy atom. The molecular weight excluding hydrogens is 322 g/mol. The Morgan fingerprint density at radius 3 is 2.54 bits per heavy atom. The van der Waals surface area contributed by atoms with Gasteiger partial charge in [0.25, 0.3) is 0 Å². The molecule has 24 heavy (non-hydrogen) atoms. The van der Waals surface area contributed by atoms with E-state index in [1.807, 2.05) is 29.2 Å². The van der Waals surface area contributed by atoms with Crippen LogP contribution in [0, 0.1) is 0 Å². The second kappa shape index (κ2) is 7.75. The molecule has 1 aliphatic rings. The van der Waals surface area contributed by atoms with Gasteiger partial charge in [-0.15, -0.1) is 21.5 Å². The summed E-state index contributed by atoms with van der Waals surface area (Å²) < 4.78 is 5.15. The largest absolute Gasteiger partial charge is 0.497 e. The zero-order chi connectivity index (χ0) is 16.9. The molecule has 1 aliphatic heterocycles. The van der Waals surface area contributed by atoms with E-state index in [4.69, 9.17) is 4.74 Å². The van der Waals surface area contributed by atoms with Crippen LogP contribution < -0.4 is 4.74 Å². The lowest BCUT2D eigenvalue weighted by molar-refractivity contribution is -0.131. The van der Waals surface area contributed by atoms with E-state index >= 15 is 0 Å². The Kier molecular flexibility index (Phi) is 5.45. The van der Waals surface area contributed by atoms with Crippen LogP contribution in [-0.4, -0.2) is 41.2 Å². The van der Waals surface area contributed by atoms with E-state index in [1.54, 1.807) is 18.4 Å². The van der Waals surface area contributed by atoms with Crippen molar-refractivity contribution in [1.82, 2.24) is 15.1 Å². The van der Waals surface area contributed by atoms with Gasteiger partial charge < -0.3 is 9.64 Å². The molecule has 2 aromatic rings. The Balaban J connectivity index is 1.52. The summed E-state index contributed by atoms with van der Waals surface area (Å²) in [4.78, 5) is 14.5. The van der Waals surface area contributed by atoms with Crippen LogP contribution in [0.15, 0.2) is 24.3 Å². The summed E-state index contributed by atoms with van der Waals surface area (Å²) in [7, 11) is 1.64. The predicted molar refractivity (Wildman–Crippen MR) is 94.5 cm³/mol. The van der Waals surface area contributed by atoms with Crippen molar-refractivity contribution < 1.29 is 9.53 Å². The van der Waals surface area contributed by atoms with Crippen molar-refractivity contribution in [1.29, 1.82) is 0 Å². The number of hydrogen-bond acceptors (Lipinski definition) is 5. The smallest absolute Gasteiger partial charge is 0.226 e. The monoisotopic (exact) mass is 345 g/mol. The van der Waals surface area contributed by atoms with Crippen molar-refractivity contribution in [3.05, 3.63) is 39.8 Å². The van der Waals surface area contributed by atoms with E-state index in [1.165, 1.54) is 0 Å². The number of rotatable bonds is 5. The number of aryl methyl sites for hydroxylation is 1. The average molecular weight is 345 g/mol. The number of methoxy groups -OCH3 is 1. The summed E-state index contributed by atoms with van der Waals surface area (Å²) in [5.74, 6) is 1.47. The second-order valence-electron chi connectivity index (χ2n) is 6.07. The molecule has 1 saturated heterocycles. The van der Waals surface area contributed by atoms with Gasteiger partial charge in [0.1, 0.15) is 15.8 Å². The maximum Gasteiger partial charge on any atom is 0.226 e. The maximum atomic E-state index is 12.5. The Hall–Kier alpha value is -1.95. The van der Waals surface area contributed by atoms with Crippen molar-refractivity contribution in [2.75, 3.05) is 20.2 Å². The van der Waals surface area contributed by atoms with Gasteiger partial charge in [-0.1, -0.05) is 19.1 Å². The van der Waals surface area contributed by atoms with Gasteiger partial charge in [0.15, 0.2) is 0 Å². The third-order valence-corrected chi connectivity index (χ3v) is 5.73. The van der Waals surface area contributed by atoms with Gasteiger partial charge in [-0.25, -0.2) is 0 Å². The lowest BCUT2D eigenvalue weighted by Gasteiger charge is -2.31. The number of nitrogens with zero attached hydrogens (tertiary/aromatic N) is 3. The third kappa shape index (κ3) is 3.93. The molecule has 0 atom stereocenters. The molecule has 1 aromatic heterocycles. The first-order valence-corrected chi connectivity index (χ1v) is 9.24. The lowest BCUT2D eigenvalue weighted by Crippen LogP contribution is -2.38. The minimum Gasteiger partial charge on any atom is -0.497 e. The summed E-state index contributed by atoms with van der Waals surface area (Å²) >= 11 is 1.72. The average Bonchev–Trinajstić information content (AvgIpc) is 3.11. The fourth-order valence-corrected chi connectivity index (χ4v) is 3.93. The van der Waals surface area contributed by atoms with Crippen LogP contribution in [0.3, 0.4) is 0 Å². The first kappa shape index (κ1) is 16.9. The van der Waals surface area contributed by atoms with Crippen LogP contribution >= 0.6 is 11.3 Å². The van der Waals surface area contributed by atoms with Gasteiger partial charge in [0, 0.05) is 19.0 Å². The van der Waals surface area contributed by atoms with Gasteiger partial charge in [-0.3, -0.25) is 4.79 Å². The van der Waals surface area contributed by atoms with Crippen molar-refractivity contribution in [2.45, 2.75) is 38.5 Å². The zero-order valence-electron chi connectivity index (χ0n) is 14.2. The molecule has 0 radical (unpaired) electrons. The van der Waals surface area contributed by atoms with E-state index in [9.17, 15) is 4.79 Å². The van der Waals surface area contributed by atoms with E-state index in [-0.39, 0.29) is 5.91 Å². The van der Waals surface area contributed by atoms with E-state index < -0.39 is 0 Å². The number of amides is 1. The van der Waals surface area contributed by atoms with E-state index in [0.717, 1.165) is 53.7 Å². The van der Waals surface area contributed by atoms with Gasteiger partial charge in [0.2, 0.25) is 5.91 Å². The highest BCUT2D eigenvalue weighted by Crippen LogP contribution is 2.30. The zero-order valence-corrected chi connectivity index (χ0v) is 15.0. The number of carbonyl (C=O) groups is 1. The van der Waals surface area contributed by atoms with Crippen LogP contribution in [0.1, 0.15) is 41.3 Å². The summed E-state index contributed by atoms with van der Waals surface area (Å²) in [6.45, 7) is 3.71. The number of piperidine rings is 1. The van der Waals surface area contributed by atoms with Crippen molar-refractivity contribution in [3.8, 4) is 5.75 Å².